The van der Waals surface area contributed by atoms with Gasteiger partial charge in [0.05, 0.1) is 11.2 Å². The Hall–Kier alpha value is -1.99. The van der Waals surface area contributed by atoms with Crippen LogP contribution in [0.2, 0.25) is 0 Å². The third-order valence-electron chi connectivity index (χ3n) is 7.28. The molecule has 0 saturated carbocycles. The van der Waals surface area contributed by atoms with Crippen molar-refractivity contribution >= 4 is 18.3 Å². The van der Waals surface area contributed by atoms with Gasteiger partial charge in [0.25, 0.3) is 0 Å². The first-order valence-corrected chi connectivity index (χ1v) is 14.9. The number of esters is 2. The number of hydrogen-bond donors (Lipinski definition) is 0. The zero-order chi connectivity index (χ0) is 27.5. The van der Waals surface area contributed by atoms with E-state index in [-0.39, 0.29) is 36.7 Å². The first-order valence-electron chi connectivity index (χ1n) is 14.9. The lowest BCUT2D eigenvalue weighted by Gasteiger charge is -2.37. The molecule has 1 aliphatic heterocycles. The number of hydrogen-bond acceptors (Lipinski definition) is 7. The Labute approximate surface area is 224 Å². The van der Waals surface area contributed by atoms with Crippen LogP contribution in [0.1, 0.15) is 137 Å². The molecule has 0 bridgehead atoms. The smallest absolute Gasteiger partial charge is 0.331 e. The number of nitroso groups, excluding NO2 is 1. The van der Waals surface area contributed by atoms with Gasteiger partial charge < -0.3 is 9.47 Å². The maximum atomic E-state index is 13.1. The summed E-state index contributed by atoms with van der Waals surface area (Å²) < 4.78 is 11.3. The fraction of sp³-hybridized carbons (Fsp3) is 0.897. The maximum absolute atomic E-state index is 13.1. The fourth-order valence-electron chi connectivity index (χ4n) is 5.02. The molecule has 0 N–H and O–H groups in total. The minimum atomic E-state index is -1.05. The molecule has 1 fully saturated rings. The molecular formula is C29H52N2O6. The molecule has 214 valence electrons. The Bertz CT molecular complexity index is 648. The van der Waals surface area contributed by atoms with Crippen LogP contribution in [0, 0.1) is 16.7 Å². The molecule has 0 aromatic rings. The van der Waals surface area contributed by atoms with E-state index in [4.69, 9.17) is 9.47 Å². The van der Waals surface area contributed by atoms with Gasteiger partial charge in [-0.05, 0) is 31.6 Å². The van der Waals surface area contributed by atoms with Crippen LogP contribution < -0.4 is 0 Å². The van der Waals surface area contributed by atoms with Crippen LogP contribution in [-0.4, -0.2) is 41.6 Å². The summed E-state index contributed by atoms with van der Waals surface area (Å²) in [5, 5.41) is 3.32. The number of unbranched alkanes of at least 4 members (excludes halogenated alkanes) is 11. The summed E-state index contributed by atoms with van der Waals surface area (Å²) in [5.41, 5.74) is 0. The van der Waals surface area contributed by atoms with Crippen molar-refractivity contribution in [2.24, 2.45) is 17.1 Å². The molecule has 0 radical (unpaired) electrons. The van der Waals surface area contributed by atoms with Crippen LogP contribution >= 0.6 is 0 Å². The molecule has 8 nitrogen and oxygen atoms in total. The summed E-state index contributed by atoms with van der Waals surface area (Å²) >= 11 is 0. The zero-order valence-electron chi connectivity index (χ0n) is 23.8. The van der Waals surface area contributed by atoms with E-state index in [0.29, 0.717) is 17.9 Å². The highest BCUT2D eigenvalue weighted by Gasteiger charge is 2.43. The summed E-state index contributed by atoms with van der Waals surface area (Å²) in [6, 6.07) is -1.05. The van der Waals surface area contributed by atoms with E-state index in [1.54, 1.807) is 0 Å². The third kappa shape index (κ3) is 13.4. The van der Waals surface area contributed by atoms with Gasteiger partial charge in [-0.2, -0.15) is 5.01 Å². The molecule has 0 aromatic heterocycles. The van der Waals surface area contributed by atoms with E-state index in [0.717, 1.165) is 51.4 Å². The molecule has 0 aromatic carbocycles. The molecule has 0 unspecified atom stereocenters. The van der Waals surface area contributed by atoms with Gasteiger partial charge >= 0.3 is 11.9 Å². The number of amides is 1. The molecule has 4 atom stereocenters. The van der Waals surface area contributed by atoms with E-state index < -0.39 is 18.1 Å². The van der Waals surface area contributed by atoms with Gasteiger partial charge in [-0.15, -0.1) is 4.91 Å². The van der Waals surface area contributed by atoms with Crippen LogP contribution in [0.3, 0.4) is 0 Å². The van der Waals surface area contributed by atoms with Crippen molar-refractivity contribution in [3.05, 3.63) is 4.91 Å². The summed E-state index contributed by atoms with van der Waals surface area (Å²) in [4.78, 5) is 47.6. The zero-order valence-corrected chi connectivity index (χ0v) is 23.8. The van der Waals surface area contributed by atoms with Crippen molar-refractivity contribution < 1.29 is 23.9 Å². The Morgan fingerprint density at radius 2 is 1.54 bits per heavy atom. The molecule has 0 spiro atoms. The van der Waals surface area contributed by atoms with E-state index >= 15 is 0 Å². The monoisotopic (exact) mass is 524 g/mol. The normalized spacial score (nSPS) is 18.6. The lowest BCUT2D eigenvalue weighted by atomic mass is 9.86. The van der Waals surface area contributed by atoms with Crippen LogP contribution in [0.25, 0.3) is 0 Å². The minimum Gasteiger partial charge on any atom is -0.461 e. The lowest BCUT2D eigenvalue weighted by Crippen LogP contribution is -2.48. The standard InChI is InChI=1S/C29H52N2O6/c1-5-7-9-11-12-13-14-15-16-18-24(21-27-25(28(33)37-27)19-17-10-8-6-2)36-29(34)26(20-23(3)4)31(22-32)30-35/h22-27H,5-21H2,1-4H3/t24-,25-,26-,27-/m0/s1. The molecule has 1 saturated heterocycles. The van der Waals surface area contributed by atoms with E-state index in [1.165, 1.54) is 38.5 Å². The Balaban J connectivity index is 2.70. The van der Waals surface area contributed by atoms with E-state index in [1.807, 2.05) is 13.8 Å². The second-order valence-corrected chi connectivity index (χ2v) is 11.1. The Kier molecular flexibility index (Phi) is 17.9. The predicted molar refractivity (Wildman–Crippen MR) is 145 cm³/mol. The average molecular weight is 525 g/mol. The average Bonchev–Trinajstić information content (AvgIpc) is 2.86. The largest absolute Gasteiger partial charge is 0.461 e. The number of ether oxygens (including phenoxy) is 2. The number of carbonyl (C=O) groups excluding carboxylic acids is 3. The summed E-state index contributed by atoms with van der Waals surface area (Å²) in [7, 11) is 0. The van der Waals surface area contributed by atoms with Crippen molar-refractivity contribution in [1.29, 1.82) is 0 Å². The minimum absolute atomic E-state index is 0.0672. The van der Waals surface area contributed by atoms with Gasteiger partial charge in [0.1, 0.15) is 12.2 Å². The van der Waals surface area contributed by atoms with Crippen molar-refractivity contribution in [2.75, 3.05) is 0 Å². The van der Waals surface area contributed by atoms with Crippen LogP contribution in [0.5, 0.6) is 0 Å². The van der Waals surface area contributed by atoms with Crippen molar-refractivity contribution in [3.63, 3.8) is 0 Å². The van der Waals surface area contributed by atoms with Crippen LogP contribution in [0.15, 0.2) is 5.29 Å². The topological polar surface area (TPSA) is 102 Å². The van der Waals surface area contributed by atoms with Gasteiger partial charge in [0, 0.05) is 6.42 Å². The Morgan fingerprint density at radius 1 is 0.973 bits per heavy atom. The summed E-state index contributed by atoms with van der Waals surface area (Å²) in [6.45, 7) is 8.19. The number of rotatable bonds is 24. The third-order valence-corrected chi connectivity index (χ3v) is 7.28. The van der Waals surface area contributed by atoms with Crippen molar-refractivity contribution in [2.45, 2.75) is 155 Å². The number of cyclic esters (lactones) is 1. The van der Waals surface area contributed by atoms with Crippen molar-refractivity contribution in [3.8, 4) is 0 Å². The quantitative estimate of drug-likeness (QED) is 0.0432. The summed E-state index contributed by atoms with van der Waals surface area (Å²) in [6.07, 6.45) is 16.9. The van der Waals surface area contributed by atoms with Gasteiger partial charge in [0.2, 0.25) is 6.41 Å². The van der Waals surface area contributed by atoms with Gasteiger partial charge in [-0.3, -0.25) is 9.59 Å². The second-order valence-electron chi connectivity index (χ2n) is 11.1. The molecule has 8 heteroatoms. The molecule has 1 amide bonds. The molecule has 1 aliphatic rings. The van der Waals surface area contributed by atoms with E-state index in [9.17, 15) is 19.3 Å². The van der Waals surface area contributed by atoms with Gasteiger partial charge in [-0.1, -0.05) is 105 Å². The number of carbonyl (C=O) groups is 3. The fourth-order valence-corrected chi connectivity index (χ4v) is 5.02. The Morgan fingerprint density at radius 3 is 2.05 bits per heavy atom. The molecule has 1 rings (SSSR count). The van der Waals surface area contributed by atoms with E-state index in [2.05, 4.69) is 19.1 Å². The van der Waals surface area contributed by atoms with Gasteiger partial charge in [0.15, 0.2) is 6.04 Å². The van der Waals surface area contributed by atoms with Crippen LogP contribution in [-0.2, 0) is 23.9 Å². The molecule has 37 heavy (non-hydrogen) atoms. The van der Waals surface area contributed by atoms with Crippen molar-refractivity contribution in [1.82, 2.24) is 5.01 Å². The number of nitrogens with zero attached hydrogens (tertiary/aromatic N) is 2. The first-order chi connectivity index (χ1) is 17.9. The highest BCUT2D eigenvalue weighted by atomic mass is 16.6. The highest BCUT2D eigenvalue weighted by molar-refractivity contribution is 5.79. The second kappa shape index (κ2) is 20.0. The lowest BCUT2D eigenvalue weighted by molar-refractivity contribution is -0.190. The maximum Gasteiger partial charge on any atom is 0.331 e. The SMILES string of the molecule is CCCCCCCCCCC[C@@H](C[C@@H]1OC(=O)[C@H]1CCCCCC)OC(=O)[C@H](CC(C)C)N(C=O)N=O. The van der Waals surface area contributed by atoms with Crippen LogP contribution in [0.4, 0.5) is 0 Å². The van der Waals surface area contributed by atoms with Gasteiger partial charge in [-0.25, -0.2) is 4.79 Å². The molecular weight excluding hydrogens is 472 g/mol. The molecule has 0 aliphatic carbocycles. The predicted octanol–water partition coefficient (Wildman–Crippen LogP) is 7.28. The first kappa shape index (κ1) is 33.0. The molecule has 1 heterocycles. The highest BCUT2D eigenvalue weighted by Crippen LogP contribution is 2.33. The summed E-state index contributed by atoms with van der Waals surface area (Å²) in [5.74, 6) is -0.857.